The maximum absolute atomic E-state index is 12.6. The van der Waals surface area contributed by atoms with Gasteiger partial charge < -0.3 is 19.5 Å². The van der Waals surface area contributed by atoms with E-state index in [1.807, 2.05) is 18.2 Å². The first-order valence-corrected chi connectivity index (χ1v) is 12.4. The smallest absolute Gasteiger partial charge is 0.261 e. The molecule has 1 fully saturated rings. The van der Waals surface area contributed by atoms with Gasteiger partial charge in [0.2, 0.25) is 0 Å². The summed E-state index contributed by atoms with van der Waals surface area (Å²) in [6, 6.07) is 17.6. The zero-order chi connectivity index (χ0) is 24.0. The molecular weight excluding hydrogens is 440 g/mol. The van der Waals surface area contributed by atoms with E-state index >= 15 is 0 Å². The van der Waals surface area contributed by atoms with Crippen molar-refractivity contribution >= 4 is 17.5 Å². The number of nitrogens with zero attached hydrogens (tertiary/aromatic N) is 3. The fourth-order valence-corrected chi connectivity index (χ4v) is 5.95. The van der Waals surface area contributed by atoms with Gasteiger partial charge in [-0.2, -0.15) is 0 Å². The van der Waals surface area contributed by atoms with Gasteiger partial charge in [0.05, 0.1) is 35.2 Å². The van der Waals surface area contributed by atoms with E-state index < -0.39 is 0 Å². The lowest BCUT2D eigenvalue weighted by atomic mass is 9.83. The average Bonchev–Trinajstić information content (AvgIpc) is 3.47. The summed E-state index contributed by atoms with van der Waals surface area (Å²) in [7, 11) is 1.70. The van der Waals surface area contributed by atoms with Crippen molar-refractivity contribution in [1.29, 1.82) is 0 Å². The summed E-state index contributed by atoms with van der Waals surface area (Å²) in [6.07, 6.45) is 6.06. The third kappa shape index (κ3) is 3.62. The zero-order valence-electron chi connectivity index (χ0n) is 20.0. The molecule has 6 rings (SSSR count). The van der Waals surface area contributed by atoms with Gasteiger partial charge >= 0.3 is 0 Å². The Hall–Kier alpha value is -3.58. The second-order valence-electron chi connectivity index (χ2n) is 9.75. The minimum Gasteiger partial charge on any atom is -0.497 e. The molecule has 0 saturated carbocycles. The van der Waals surface area contributed by atoms with Crippen LogP contribution in [0.1, 0.15) is 52.1 Å². The van der Waals surface area contributed by atoms with Crippen molar-refractivity contribution in [3.63, 3.8) is 0 Å². The standard InChI is InChI=1S/C28H30N4O3/c1-35-20-11-12-24-23(18-20)29-28(25-10-6-17-31(24)25)13-7-15-30(19-28)14-4-5-16-32-26(33)21-8-2-3-9-22(21)27(32)34/h2-3,6,8-12,17-18,29H,4-5,7,13-16,19H2,1H3. The van der Waals surface area contributed by atoms with Crippen molar-refractivity contribution in [3.05, 3.63) is 77.6 Å². The number of unbranched alkanes of at least 4 members (excludes halogenated alkanes) is 1. The number of carbonyl (C=O) groups excluding carboxylic acids is 2. The minimum absolute atomic E-state index is 0.149. The highest BCUT2D eigenvalue weighted by molar-refractivity contribution is 6.21. The molecule has 1 unspecified atom stereocenters. The summed E-state index contributed by atoms with van der Waals surface area (Å²) < 4.78 is 7.78. The van der Waals surface area contributed by atoms with Crippen molar-refractivity contribution in [3.8, 4) is 11.4 Å². The first kappa shape index (κ1) is 21.9. The molecule has 35 heavy (non-hydrogen) atoms. The second-order valence-corrected chi connectivity index (χ2v) is 9.75. The molecule has 3 aliphatic rings. The van der Waals surface area contributed by atoms with Gasteiger partial charge in [-0.15, -0.1) is 0 Å². The van der Waals surface area contributed by atoms with Crippen LogP contribution in [0.4, 0.5) is 5.69 Å². The third-order valence-corrected chi connectivity index (χ3v) is 7.63. The van der Waals surface area contributed by atoms with Crippen LogP contribution in [0.25, 0.3) is 5.69 Å². The normalized spacial score (nSPS) is 21.0. The minimum atomic E-state index is -0.163. The number of hydrogen-bond donors (Lipinski definition) is 1. The number of imide groups is 1. The summed E-state index contributed by atoms with van der Waals surface area (Å²) in [4.78, 5) is 29.2. The molecule has 1 saturated heterocycles. The van der Waals surface area contributed by atoms with Crippen molar-refractivity contribution in [2.75, 3.05) is 38.6 Å². The fourth-order valence-electron chi connectivity index (χ4n) is 5.95. The molecule has 0 radical (unpaired) electrons. The van der Waals surface area contributed by atoms with Crippen LogP contribution in [0.5, 0.6) is 5.75 Å². The lowest BCUT2D eigenvalue weighted by Crippen LogP contribution is -2.53. The van der Waals surface area contributed by atoms with E-state index in [1.165, 1.54) is 10.6 Å². The molecule has 1 spiro atoms. The number of anilines is 1. The lowest BCUT2D eigenvalue weighted by molar-refractivity contribution is 0.0649. The zero-order valence-corrected chi connectivity index (χ0v) is 20.0. The van der Waals surface area contributed by atoms with E-state index in [2.05, 4.69) is 45.2 Å². The van der Waals surface area contributed by atoms with E-state index in [0.717, 1.165) is 62.4 Å². The van der Waals surface area contributed by atoms with Gasteiger partial charge in [-0.05, 0) is 75.2 Å². The van der Waals surface area contributed by atoms with Gasteiger partial charge in [-0.1, -0.05) is 12.1 Å². The molecule has 2 aromatic carbocycles. The fraction of sp³-hybridized carbons (Fsp3) is 0.357. The van der Waals surface area contributed by atoms with Gasteiger partial charge in [-0.3, -0.25) is 14.5 Å². The number of methoxy groups -OCH3 is 1. The number of ether oxygens (including phenoxy) is 1. The quantitative estimate of drug-likeness (QED) is 0.430. The highest BCUT2D eigenvalue weighted by atomic mass is 16.5. The molecule has 0 bridgehead atoms. The van der Waals surface area contributed by atoms with Crippen molar-refractivity contribution in [2.24, 2.45) is 0 Å². The molecule has 3 aromatic rings. The Kier molecular flexibility index (Phi) is 5.37. The Labute approximate surface area is 205 Å². The van der Waals surface area contributed by atoms with Crippen LogP contribution >= 0.6 is 0 Å². The lowest BCUT2D eigenvalue weighted by Gasteiger charge is -2.47. The largest absolute Gasteiger partial charge is 0.497 e. The number of fused-ring (bicyclic) bond motifs is 5. The number of piperidine rings is 1. The Balaban J connectivity index is 1.11. The monoisotopic (exact) mass is 470 g/mol. The maximum atomic E-state index is 12.6. The van der Waals surface area contributed by atoms with Gasteiger partial charge in [0.1, 0.15) is 5.75 Å². The van der Waals surface area contributed by atoms with Crippen LogP contribution in [-0.2, 0) is 5.54 Å². The molecule has 180 valence electrons. The Morgan fingerprint density at radius 1 is 0.971 bits per heavy atom. The van der Waals surface area contributed by atoms with Gasteiger partial charge in [-0.25, -0.2) is 0 Å². The Bertz CT molecular complexity index is 1260. The maximum Gasteiger partial charge on any atom is 0.261 e. The molecule has 7 heteroatoms. The van der Waals surface area contributed by atoms with Crippen molar-refractivity contribution < 1.29 is 14.3 Å². The number of rotatable bonds is 6. The Morgan fingerprint density at radius 2 is 1.74 bits per heavy atom. The predicted molar refractivity (Wildman–Crippen MR) is 134 cm³/mol. The third-order valence-electron chi connectivity index (χ3n) is 7.63. The SMILES string of the molecule is COc1ccc2c(c1)NC1(CCCN(CCCCN3C(=O)c4ccccc4C3=O)C1)c1cccn1-2. The molecule has 1 aromatic heterocycles. The van der Waals surface area contributed by atoms with Crippen LogP contribution in [0, 0.1) is 0 Å². The first-order valence-electron chi connectivity index (χ1n) is 12.4. The van der Waals surface area contributed by atoms with Crippen LogP contribution in [0.2, 0.25) is 0 Å². The molecule has 2 amide bonds. The molecule has 7 nitrogen and oxygen atoms in total. The first-order chi connectivity index (χ1) is 17.1. The summed E-state index contributed by atoms with van der Waals surface area (Å²) in [6.45, 7) is 3.39. The average molecular weight is 471 g/mol. The van der Waals surface area contributed by atoms with Crippen molar-refractivity contribution in [1.82, 2.24) is 14.4 Å². The van der Waals surface area contributed by atoms with E-state index in [4.69, 9.17) is 4.74 Å². The number of carbonyl (C=O) groups is 2. The molecule has 4 heterocycles. The van der Waals surface area contributed by atoms with E-state index in [9.17, 15) is 9.59 Å². The van der Waals surface area contributed by atoms with Crippen LogP contribution < -0.4 is 10.1 Å². The predicted octanol–water partition coefficient (Wildman–Crippen LogP) is 4.28. The van der Waals surface area contributed by atoms with Crippen molar-refractivity contribution in [2.45, 2.75) is 31.2 Å². The van der Waals surface area contributed by atoms with E-state index in [1.54, 1.807) is 19.2 Å². The number of nitrogens with one attached hydrogen (secondary N) is 1. The van der Waals surface area contributed by atoms with Gasteiger partial charge in [0, 0.05) is 31.0 Å². The number of aromatic nitrogens is 1. The molecule has 1 atom stereocenters. The van der Waals surface area contributed by atoms with Crippen LogP contribution in [0.15, 0.2) is 60.8 Å². The summed E-state index contributed by atoms with van der Waals surface area (Å²) >= 11 is 0. The van der Waals surface area contributed by atoms with E-state index in [0.29, 0.717) is 17.7 Å². The number of amides is 2. The molecule has 3 aliphatic heterocycles. The number of hydrogen-bond acceptors (Lipinski definition) is 5. The van der Waals surface area contributed by atoms with Gasteiger partial charge in [0.25, 0.3) is 11.8 Å². The molecule has 0 aliphatic carbocycles. The summed E-state index contributed by atoms with van der Waals surface area (Å²) in [5, 5.41) is 3.88. The second kappa shape index (κ2) is 8.57. The highest BCUT2D eigenvalue weighted by Crippen LogP contribution is 2.43. The number of likely N-dealkylation sites (tertiary alicyclic amines) is 1. The van der Waals surface area contributed by atoms with Gasteiger partial charge in [0.15, 0.2) is 0 Å². The Morgan fingerprint density at radius 3 is 2.51 bits per heavy atom. The molecule has 1 N–H and O–H groups in total. The topological polar surface area (TPSA) is 66.8 Å². The highest BCUT2D eigenvalue weighted by Gasteiger charge is 2.42. The van der Waals surface area contributed by atoms with Crippen LogP contribution in [-0.4, -0.2) is 59.5 Å². The van der Waals surface area contributed by atoms with E-state index in [-0.39, 0.29) is 17.4 Å². The number of benzene rings is 2. The molecular formula is C28H30N4O3. The summed E-state index contributed by atoms with van der Waals surface area (Å²) in [5.74, 6) is 0.524. The van der Waals surface area contributed by atoms with Crippen LogP contribution in [0.3, 0.4) is 0 Å². The summed E-state index contributed by atoms with van der Waals surface area (Å²) in [5.41, 5.74) is 4.45.